The van der Waals surface area contributed by atoms with E-state index in [2.05, 4.69) is 41.2 Å². The lowest BCUT2D eigenvalue weighted by Crippen LogP contribution is -2.39. The van der Waals surface area contributed by atoms with Gasteiger partial charge in [-0.25, -0.2) is 9.97 Å². The minimum atomic E-state index is 0.512. The molecular weight excluding hydrogens is 212 g/mol. The molecule has 0 spiro atoms. The van der Waals surface area contributed by atoms with Crippen molar-refractivity contribution in [2.24, 2.45) is 0 Å². The van der Waals surface area contributed by atoms with Gasteiger partial charge in [0.2, 0.25) is 0 Å². The lowest BCUT2D eigenvalue weighted by atomic mass is 10.1. The standard InChI is InChI=1S/C13H22N4/c1-9-8-14-10(2)15-13(9)16-11-6-5-7-12(11)17(3)4/h8,11-12H,5-7H2,1-4H3,(H,14,15,16)/t11-,12-/m1/s1. The van der Waals surface area contributed by atoms with Crippen LogP contribution in [0.4, 0.5) is 5.82 Å². The first-order valence-electron chi connectivity index (χ1n) is 6.31. The second-order valence-electron chi connectivity index (χ2n) is 5.16. The van der Waals surface area contributed by atoms with Gasteiger partial charge in [-0.1, -0.05) is 0 Å². The zero-order chi connectivity index (χ0) is 12.4. The van der Waals surface area contributed by atoms with Crippen molar-refractivity contribution in [1.82, 2.24) is 14.9 Å². The molecule has 1 fully saturated rings. The fourth-order valence-corrected chi connectivity index (χ4v) is 2.58. The Hall–Kier alpha value is -1.16. The summed E-state index contributed by atoms with van der Waals surface area (Å²) in [5.41, 5.74) is 1.13. The van der Waals surface area contributed by atoms with E-state index in [4.69, 9.17) is 0 Å². The van der Waals surface area contributed by atoms with Gasteiger partial charge < -0.3 is 10.2 Å². The molecule has 17 heavy (non-hydrogen) atoms. The van der Waals surface area contributed by atoms with E-state index in [0.29, 0.717) is 12.1 Å². The van der Waals surface area contributed by atoms with Crippen LogP contribution in [0.1, 0.15) is 30.7 Å². The normalized spacial score (nSPS) is 24.3. The van der Waals surface area contributed by atoms with E-state index in [9.17, 15) is 0 Å². The highest BCUT2D eigenvalue weighted by Gasteiger charge is 2.29. The molecular formula is C13H22N4. The lowest BCUT2D eigenvalue weighted by Gasteiger charge is -2.27. The van der Waals surface area contributed by atoms with Gasteiger partial charge in [-0.2, -0.15) is 0 Å². The average Bonchev–Trinajstić information content (AvgIpc) is 2.71. The number of hydrogen-bond acceptors (Lipinski definition) is 4. The lowest BCUT2D eigenvalue weighted by molar-refractivity contribution is 0.284. The predicted molar refractivity (Wildman–Crippen MR) is 70.2 cm³/mol. The van der Waals surface area contributed by atoms with E-state index in [1.54, 1.807) is 0 Å². The summed E-state index contributed by atoms with van der Waals surface area (Å²) in [6.07, 6.45) is 5.69. The summed E-state index contributed by atoms with van der Waals surface area (Å²) in [4.78, 5) is 11.0. The first kappa shape index (κ1) is 12.3. The molecule has 0 radical (unpaired) electrons. The molecule has 0 aliphatic heterocycles. The summed E-state index contributed by atoms with van der Waals surface area (Å²) in [6, 6.07) is 1.13. The van der Waals surface area contributed by atoms with Gasteiger partial charge in [0.05, 0.1) is 0 Å². The molecule has 1 aliphatic carbocycles. The Morgan fingerprint density at radius 1 is 1.29 bits per heavy atom. The summed E-state index contributed by atoms with van der Waals surface area (Å²) < 4.78 is 0. The van der Waals surface area contributed by atoms with E-state index in [-0.39, 0.29) is 0 Å². The van der Waals surface area contributed by atoms with Crippen molar-refractivity contribution in [3.8, 4) is 0 Å². The molecule has 4 nitrogen and oxygen atoms in total. The largest absolute Gasteiger partial charge is 0.365 e. The first-order chi connectivity index (χ1) is 8.08. The Morgan fingerprint density at radius 2 is 2.06 bits per heavy atom. The Balaban J connectivity index is 2.12. The third kappa shape index (κ3) is 2.75. The van der Waals surface area contributed by atoms with Crippen LogP contribution < -0.4 is 5.32 Å². The summed E-state index contributed by atoms with van der Waals surface area (Å²) in [7, 11) is 4.31. The summed E-state index contributed by atoms with van der Waals surface area (Å²) in [5.74, 6) is 1.83. The van der Waals surface area contributed by atoms with Crippen molar-refractivity contribution in [3.63, 3.8) is 0 Å². The molecule has 0 saturated heterocycles. The molecule has 1 aromatic rings. The molecule has 2 rings (SSSR count). The monoisotopic (exact) mass is 234 g/mol. The Labute approximate surface area is 103 Å². The molecule has 1 heterocycles. The fraction of sp³-hybridized carbons (Fsp3) is 0.692. The van der Waals surface area contributed by atoms with E-state index in [1.807, 2.05) is 13.1 Å². The Kier molecular flexibility index (Phi) is 3.62. The molecule has 0 aromatic carbocycles. The van der Waals surface area contributed by atoms with Gasteiger partial charge in [0.25, 0.3) is 0 Å². The SMILES string of the molecule is Cc1ncc(C)c(N[C@@H]2CCC[C@H]2N(C)C)n1. The van der Waals surface area contributed by atoms with Crippen LogP contribution in [0.25, 0.3) is 0 Å². The van der Waals surface area contributed by atoms with Gasteiger partial charge in [-0.05, 0) is 47.2 Å². The molecule has 1 aliphatic rings. The van der Waals surface area contributed by atoms with Crippen molar-refractivity contribution in [2.45, 2.75) is 45.2 Å². The Morgan fingerprint density at radius 3 is 2.76 bits per heavy atom. The molecule has 0 unspecified atom stereocenters. The van der Waals surface area contributed by atoms with Gasteiger partial charge in [0.15, 0.2) is 0 Å². The highest BCUT2D eigenvalue weighted by molar-refractivity contribution is 5.43. The fourth-order valence-electron chi connectivity index (χ4n) is 2.58. The second-order valence-corrected chi connectivity index (χ2v) is 5.16. The highest BCUT2D eigenvalue weighted by Crippen LogP contribution is 2.26. The molecule has 2 atom stereocenters. The zero-order valence-electron chi connectivity index (χ0n) is 11.2. The van der Waals surface area contributed by atoms with Gasteiger partial charge in [0, 0.05) is 23.8 Å². The van der Waals surface area contributed by atoms with Gasteiger partial charge in [0.1, 0.15) is 11.6 Å². The third-order valence-corrected chi connectivity index (χ3v) is 3.56. The van der Waals surface area contributed by atoms with Gasteiger partial charge in [-0.3, -0.25) is 0 Å². The number of anilines is 1. The molecule has 94 valence electrons. The van der Waals surface area contributed by atoms with E-state index in [0.717, 1.165) is 17.2 Å². The van der Waals surface area contributed by atoms with Crippen LogP contribution in [0, 0.1) is 13.8 Å². The van der Waals surface area contributed by atoms with Crippen LogP contribution in [0.2, 0.25) is 0 Å². The first-order valence-corrected chi connectivity index (χ1v) is 6.31. The maximum atomic E-state index is 4.49. The van der Waals surface area contributed by atoms with Crippen LogP contribution in [-0.4, -0.2) is 41.0 Å². The molecule has 1 N–H and O–H groups in total. The van der Waals surface area contributed by atoms with Crippen molar-refractivity contribution in [1.29, 1.82) is 0 Å². The number of aromatic nitrogens is 2. The molecule has 0 bridgehead atoms. The maximum Gasteiger partial charge on any atom is 0.132 e. The average molecular weight is 234 g/mol. The van der Waals surface area contributed by atoms with E-state index < -0.39 is 0 Å². The summed E-state index contributed by atoms with van der Waals surface area (Å²) in [5, 5.41) is 3.59. The minimum Gasteiger partial charge on any atom is -0.365 e. The number of nitrogens with zero attached hydrogens (tertiary/aromatic N) is 3. The van der Waals surface area contributed by atoms with Crippen molar-refractivity contribution in [3.05, 3.63) is 17.6 Å². The molecule has 4 heteroatoms. The zero-order valence-corrected chi connectivity index (χ0v) is 11.2. The third-order valence-electron chi connectivity index (χ3n) is 3.56. The van der Waals surface area contributed by atoms with Crippen LogP contribution in [-0.2, 0) is 0 Å². The smallest absolute Gasteiger partial charge is 0.132 e. The van der Waals surface area contributed by atoms with E-state index in [1.165, 1.54) is 19.3 Å². The van der Waals surface area contributed by atoms with Crippen molar-refractivity contribution >= 4 is 5.82 Å². The van der Waals surface area contributed by atoms with Crippen molar-refractivity contribution in [2.75, 3.05) is 19.4 Å². The van der Waals surface area contributed by atoms with Gasteiger partial charge >= 0.3 is 0 Å². The molecule has 0 amide bonds. The number of hydrogen-bond donors (Lipinski definition) is 1. The molecule has 1 saturated carbocycles. The van der Waals surface area contributed by atoms with Crippen LogP contribution in [0.5, 0.6) is 0 Å². The summed E-state index contributed by atoms with van der Waals surface area (Å²) in [6.45, 7) is 3.99. The topological polar surface area (TPSA) is 41.1 Å². The number of aryl methyl sites for hydroxylation is 2. The summed E-state index contributed by atoms with van der Waals surface area (Å²) >= 11 is 0. The van der Waals surface area contributed by atoms with E-state index >= 15 is 0 Å². The number of rotatable bonds is 3. The van der Waals surface area contributed by atoms with Gasteiger partial charge in [-0.15, -0.1) is 0 Å². The highest BCUT2D eigenvalue weighted by atomic mass is 15.2. The maximum absolute atomic E-state index is 4.49. The molecule has 1 aromatic heterocycles. The van der Waals surface area contributed by atoms with Crippen LogP contribution >= 0.6 is 0 Å². The number of nitrogens with one attached hydrogen (secondary N) is 1. The van der Waals surface area contributed by atoms with Crippen LogP contribution in [0.15, 0.2) is 6.20 Å². The van der Waals surface area contributed by atoms with Crippen molar-refractivity contribution < 1.29 is 0 Å². The quantitative estimate of drug-likeness (QED) is 0.868. The Bertz CT molecular complexity index is 389. The second kappa shape index (κ2) is 5.00. The van der Waals surface area contributed by atoms with Crippen LogP contribution in [0.3, 0.4) is 0 Å². The number of likely N-dealkylation sites (N-methyl/N-ethyl adjacent to an activating group) is 1. The minimum absolute atomic E-state index is 0.512. The predicted octanol–water partition coefficient (Wildman–Crippen LogP) is 1.99.